The number of thioether (sulfide) groups is 1. The minimum Gasteiger partial charge on any atom is -0.469 e. The van der Waals surface area contributed by atoms with Crippen LogP contribution in [0.3, 0.4) is 0 Å². The van der Waals surface area contributed by atoms with Gasteiger partial charge in [0.15, 0.2) is 0 Å². The topological polar surface area (TPSA) is 52.3 Å². The highest BCUT2D eigenvalue weighted by Gasteiger charge is 2.28. The maximum absolute atomic E-state index is 11.2. The normalized spacial score (nSPS) is 11.3. The molecule has 2 N–H and O–H groups in total. The quantitative estimate of drug-likeness (QED) is 0.517. The molecule has 0 rings (SSSR count). The second-order valence-electron chi connectivity index (χ2n) is 3.22. The number of methoxy groups -OCH3 is 1. The van der Waals surface area contributed by atoms with Crippen molar-refractivity contribution in [2.45, 2.75) is 13.8 Å². The molecule has 4 heteroatoms. The summed E-state index contributed by atoms with van der Waals surface area (Å²) in [7, 11) is 1.41. The van der Waals surface area contributed by atoms with Crippen molar-refractivity contribution in [2.24, 2.45) is 11.1 Å². The third-order valence-electron chi connectivity index (χ3n) is 1.46. The first-order chi connectivity index (χ1) is 5.54. The number of esters is 1. The summed E-state index contributed by atoms with van der Waals surface area (Å²) in [6, 6.07) is 0. The first kappa shape index (κ1) is 11.8. The second kappa shape index (κ2) is 5.43. The zero-order chi connectivity index (χ0) is 9.61. The van der Waals surface area contributed by atoms with E-state index in [2.05, 4.69) is 4.74 Å². The minimum atomic E-state index is -0.394. The van der Waals surface area contributed by atoms with Crippen molar-refractivity contribution in [3.05, 3.63) is 0 Å². The summed E-state index contributed by atoms with van der Waals surface area (Å²) >= 11 is 1.68. The Kier molecular flexibility index (Phi) is 5.33. The average molecular weight is 191 g/mol. The van der Waals surface area contributed by atoms with Gasteiger partial charge in [0.1, 0.15) is 0 Å². The van der Waals surface area contributed by atoms with Crippen LogP contribution in [0.5, 0.6) is 0 Å². The highest BCUT2D eigenvalue weighted by molar-refractivity contribution is 7.99. The molecule has 0 bridgehead atoms. The van der Waals surface area contributed by atoms with Gasteiger partial charge in [-0.25, -0.2) is 0 Å². The number of rotatable bonds is 5. The molecule has 72 valence electrons. The van der Waals surface area contributed by atoms with Gasteiger partial charge in [-0.15, -0.1) is 0 Å². The third kappa shape index (κ3) is 3.97. The molecule has 0 aliphatic heterocycles. The van der Waals surface area contributed by atoms with Crippen LogP contribution in [0, 0.1) is 5.41 Å². The molecular formula is C8H17NO2S. The Morgan fingerprint density at radius 2 is 2.17 bits per heavy atom. The number of hydrogen-bond donors (Lipinski definition) is 1. The van der Waals surface area contributed by atoms with Crippen molar-refractivity contribution in [1.82, 2.24) is 0 Å². The number of ether oxygens (including phenoxy) is 1. The van der Waals surface area contributed by atoms with E-state index in [4.69, 9.17) is 5.73 Å². The molecule has 0 heterocycles. The van der Waals surface area contributed by atoms with E-state index in [0.29, 0.717) is 6.54 Å². The Hall–Kier alpha value is -0.220. The molecule has 0 saturated heterocycles. The van der Waals surface area contributed by atoms with Crippen molar-refractivity contribution in [2.75, 3.05) is 25.2 Å². The smallest absolute Gasteiger partial charge is 0.312 e. The molecule has 12 heavy (non-hydrogen) atoms. The SMILES string of the molecule is COC(=O)C(C)(C)CSCCN. The van der Waals surface area contributed by atoms with Crippen LogP contribution in [0.4, 0.5) is 0 Å². The molecule has 0 aliphatic rings. The van der Waals surface area contributed by atoms with Crippen LogP contribution in [0.2, 0.25) is 0 Å². The van der Waals surface area contributed by atoms with Gasteiger partial charge >= 0.3 is 5.97 Å². The lowest BCUT2D eigenvalue weighted by Crippen LogP contribution is -2.28. The molecule has 0 aromatic carbocycles. The van der Waals surface area contributed by atoms with Gasteiger partial charge in [0.2, 0.25) is 0 Å². The Labute approximate surface area is 78.0 Å². The van der Waals surface area contributed by atoms with Gasteiger partial charge in [-0.3, -0.25) is 4.79 Å². The van der Waals surface area contributed by atoms with Gasteiger partial charge in [-0.2, -0.15) is 11.8 Å². The maximum Gasteiger partial charge on any atom is 0.312 e. The maximum atomic E-state index is 11.2. The lowest BCUT2D eigenvalue weighted by Gasteiger charge is -2.20. The van der Waals surface area contributed by atoms with E-state index in [-0.39, 0.29) is 5.97 Å². The predicted octanol–water partition coefficient (Wildman–Crippen LogP) is 0.877. The Morgan fingerprint density at radius 3 is 2.58 bits per heavy atom. The summed E-state index contributed by atoms with van der Waals surface area (Å²) in [6.45, 7) is 4.41. The Morgan fingerprint density at radius 1 is 1.58 bits per heavy atom. The Bertz CT molecular complexity index is 148. The molecule has 0 amide bonds. The average Bonchev–Trinajstić information content (AvgIpc) is 2.03. The first-order valence-electron chi connectivity index (χ1n) is 3.91. The van der Waals surface area contributed by atoms with E-state index in [9.17, 15) is 4.79 Å². The van der Waals surface area contributed by atoms with Crippen LogP contribution < -0.4 is 5.73 Å². The van der Waals surface area contributed by atoms with E-state index in [1.807, 2.05) is 13.8 Å². The molecule has 0 aromatic heterocycles. The van der Waals surface area contributed by atoms with Gasteiger partial charge < -0.3 is 10.5 Å². The minimum absolute atomic E-state index is 0.160. The standard InChI is InChI=1S/C8H17NO2S/c1-8(2,7(10)11-3)6-12-5-4-9/h4-6,9H2,1-3H3. The summed E-state index contributed by atoms with van der Waals surface area (Å²) in [5.74, 6) is 1.49. The second-order valence-corrected chi connectivity index (χ2v) is 4.32. The van der Waals surface area contributed by atoms with E-state index in [1.54, 1.807) is 11.8 Å². The van der Waals surface area contributed by atoms with Gasteiger partial charge in [0.05, 0.1) is 12.5 Å². The molecule has 0 saturated carbocycles. The van der Waals surface area contributed by atoms with Crippen molar-refractivity contribution < 1.29 is 9.53 Å². The fraction of sp³-hybridized carbons (Fsp3) is 0.875. The predicted molar refractivity (Wildman–Crippen MR) is 52.2 cm³/mol. The molecular weight excluding hydrogens is 174 g/mol. The first-order valence-corrected chi connectivity index (χ1v) is 5.06. The molecule has 0 fully saturated rings. The zero-order valence-corrected chi connectivity index (χ0v) is 8.74. The molecule has 0 unspecified atom stereocenters. The molecule has 0 aromatic rings. The van der Waals surface area contributed by atoms with E-state index >= 15 is 0 Å². The van der Waals surface area contributed by atoms with Crippen molar-refractivity contribution in [3.63, 3.8) is 0 Å². The van der Waals surface area contributed by atoms with Gasteiger partial charge in [0, 0.05) is 18.1 Å². The largest absolute Gasteiger partial charge is 0.469 e. The fourth-order valence-corrected chi connectivity index (χ4v) is 1.69. The highest BCUT2D eigenvalue weighted by atomic mass is 32.2. The Balaban J connectivity index is 3.78. The zero-order valence-electron chi connectivity index (χ0n) is 7.92. The highest BCUT2D eigenvalue weighted by Crippen LogP contribution is 2.22. The number of carbonyl (C=O) groups is 1. The van der Waals surface area contributed by atoms with Crippen molar-refractivity contribution in [1.29, 1.82) is 0 Å². The lowest BCUT2D eigenvalue weighted by molar-refractivity contribution is -0.149. The van der Waals surface area contributed by atoms with Crippen LogP contribution in [0.15, 0.2) is 0 Å². The molecule has 0 radical (unpaired) electrons. The molecule has 0 aliphatic carbocycles. The van der Waals surface area contributed by atoms with Gasteiger partial charge in [-0.1, -0.05) is 0 Å². The number of nitrogens with two attached hydrogens (primary N) is 1. The van der Waals surface area contributed by atoms with Gasteiger partial charge in [0.25, 0.3) is 0 Å². The van der Waals surface area contributed by atoms with E-state index < -0.39 is 5.41 Å². The summed E-state index contributed by atoms with van der Waals surface area (Å²) in [5.41, 5.74) is 4.94. The summed E-state index contributed by atoms with van der Waals surface area (Å²) in [4.78, 5) is 11.2. The number of hydrogen-bond acceptors (Lipinski definition) is 4. The fourth-order valence-electron chi connectivity index (χ4n) is 0.746. The van der Waals surface area contributed by atoms with Gasteiger partial charge in [-0.05, 0) is 13.8 Å². The van der Waals surface area contributed by atoms with Crippen LogP contribution in [0.1, 0.15) is 13.8 Å². The van der Waals surface area contributed by atoms with Crippen molar-refractivity contribution in [3.8, 4) is 0 Å². The summed E-state index contributed by atoms with van der Waals surface area (Å²) < 4.78 is 4.66. The summed E-state index contributed by atoms with van der Waals surface area (Å²) in [6.07, 6.45) is 0. The number of carbonyl (C=O) groups excluding carboxylic acids is 1. The molecule has 3 nitrogen and oxygen atoms in total. The molecule has 0 atom stereocenters. The summed E-state index contributed by atoms with van der Waals surface area (Å²) in [5, 5.41) is 0. The third-order valence-corrected chi connectivity index (χ3v) is 2.91. The monoisotopic (exact) mass is 191 g/mol. The molecule has 0 spiro atoms. The van der Waals surface area contributed by atoms with Crippen LogP contribution in [-0.2, 0) is 9.53 Å². The lowest BCUT2D eigenvalue weighted by atomic mass is 9.97. The van der Waals surface area contributed by atoms with Crippen molar-refractivity contribution >= 4 is 17.7 Å². The van der Waals surface area contributed by atoms with Crippen LogP contribution in [-0.4, -0.2) is 31.1 Å². The van der Waals surface area contributed by atoms with Crippen LogP contribution in [0.25, 0.3) is 0 Å². The van der Waals surface area contributed by atoms with E-state index in [0.717, 1.165) is 11.5 Å². The van der Waals surface area contributed by atoms with E-state index in [1.165, 1.54) is 7.11 Å². The van der Waals surface area contributed by atoms with Crippen LogP contribution >= 0.6 is 11.8 Å².